The van der Waals surface area contributed by atoms with Crippen LogP contribution in [0.1, 0.15) is 54.4 Å². The SMILES string of the molecule is CCOC(=O)NC(CC(C)C)C(=O)NC(C(=O)OCC)C(C)CC. The normalized spacial score (nSPS) is 14.5. The molecule has 0 bridgehead atoms. The van der Waals surface area contributed by atoms with Crippen molar-refractivity contribution in [3.63, 3.8) is 0 Å². The highest BCUT2D eigenvalue weighted by atomic mass is 16.5. The Balaban J connectivity index is 5.07. The van der Waals surface area contributed by atoms with Crippen molar-refractivity contribution in [3.8, 4) is 0 Å². The van der Waals surface area contributed by atoms with E-state index in [9.17, 15) is 14.4 Å². The highest BCUT2D eigenvalue weighted by molar-refractivity contribution is 5.89. The third kappa shape index (κ3) is 8.17. The van der Waals surface area contributed by atoms with Crippen LogP contribution in [0, 0.1) is 11.8 Å². The Morgan fingerprint density at radius 3 is 1.96 bits per heavy atom. The van der Waals surface area contributed by atoms with Crippen molar-refractivity contribution in [3.05, 3.63) is 0 Å². The molecule has 0 aromatic heterocycles. The summed E-state index contributed by atoms with van der Waals surface area (Å²) in [5, 5.41) is 5.28. The highest BCUT2D eigenvalue weighted by Crippen LogP contribution is 2.12. The maximum absolute atomic E-state index is 12.6. The van der Waals surface area contributed by atoms with Gasteiger partial charge >= 0.3 is 12.1 Å². The summed E-state index contributed by atoms with van der Waals surface area (Å²) in [6, 6.07) is -1.49. The average Bonchev–Trinajstić information content (AvgIpc) is 2.50. The topological polar surface area (TPSA) is 93.7 Å². The first-order valence-electron chi connectivity index (χ1n) is 8.66. The number of hydrogen-bond donors (Lipinski definition) is 2. The van der Waals surface area contributed by atoms with Crippen molar-refractivity contribution in [2.45, 2.75) is 66.5 Å². The molecule has 7 heteroatoms. The monoisotopic (exact) mass is 344 g/mol. The van der Waals surface area contributed by atoms with Gasteiger partial charge in [-0.3, -0.25) is 4.79 Å². The highest BCUT2D eigenvalue weighted by Gasteiger charge is 2.31. The van der Waals surface area contributed by atoms with Gasteiger partial charge in [-0.25, -0.2) is 9.59 Å². The molecule has 0 heterocycles. The van der Waals surface area contributed by atoms with Crippen LogP contribution < -0.4 is 10.6 Å². The lowest BCUT2D eigenvalue weighted by Crippen LogP contribution is -2.54. The number of alkyl carbamates (subject to hydrolysis) is 1. The fourth-order valence-corrected chi connectivity index (χ4v) is 2.17. The maximum Gasteiger partial charge on any atom is 0.407 e. The quantitative estimate of drug-likeness (QED) is 0.593. The van der Waals surface area contributed by atoms with Gasteiger partial charge in [-0.15, -0.1) is 0 Å². The molecule has 3 atom stereocenters. The standard InChI is InChI=1S/C17H32N2O5/c1-7-12(6)14(16(21)23-8-2)19-15(20)13(10-11(4)5)18-17(22)24-9-3/h11-14H,7-10H2,1-6H3,(H,18,22)(H,19,20). The van der Waals surface area contributed by atoms with Gasteiger partial charge in [0, 0.05) is 0 Å². The minimum absolute atomic E-state index is 0.0738. The maximum atomic E-state index is 12.6. The number of esters is 1. The third-order valence-corrected chi connectivity index (χ3v) is 3.64. The molecular formula is C17H32N2O5. The Kier molecular flexibility index (Phi) is 10.8. The molecule has 2 N–H and O–H groups in total. The second-order valence-corrected chi connectivity index (χ2v) is 6.17. The first-order chi connectivity index (χ1) is 11.3. The van der Waals surface area contributed by atoms with Crippen LogP contribution in [-0.4, -0.2) is 43.3 Å². The Hall–Kier alpha value is -1.79. The van der Waals surface area contributed by atoms with Gasteiger partial charge in [0.2, 0.25) is 5.91 Å². The van der Waals surface area contributed by atoms with Crippen LogP contribution in [0.5, 0.6) is 0 Å². The molecule has 0 aromatic carbocycles. The lowest BCUT2D eigenvalue weighted by molar-refractivity contribution is -0.149. The summed E-state index contributed by atoms with van der Waals surface area (Å²) in [5.41, 5.74) is 0. The van der Waals surface area contributed by atoms with E-state index in [1.54, 1.807) is 13.8 Å². The van der Waals surface area contributed by atoms with Gasteiger partial charge in [0.05, 0.1) is 13.2 Å². The summed E-state index contributed by atoms with van der Waals surface area (Å²) < 4.78 is 9.88. The van der Waals surface area contributed by atoms with Crippen molar-refractivity contribution in [2.75, 3.05) is 13.2 Å². The fraction of sp³-hybridized carbons (Fsp3) is 0.824. The summed E-state index contributed by atoms with van der Waals surface area (Å²) in [6.07, 6.45) is 0.513. The Morgan fingerprint density at radius 2 is 1.50 bits per heavy atom. The molecule has 0 aromatic rings. The third-order valence-electron chi connectivity index (χ3n) is 3.64. The Labute approximate surface area is 144 Å². The smallest absolute Gasteiger partial charge is 0.407 e. The van der Waals surface area contributed by atoms with Crippen LogP contribution in [-0.2, 0) is 19.1 Å². The van der Waals surface area contributed by atoms with Crippen molar-refractivity contribution in [2.24, 2.45) is 11.8 Å². The van der Waals surface area contributed by atoms with Gasteiger partial charge in [0.15, 0.2) is 0 Å². The van der Waals surface area contributed by atoms with Crippen molar-refractivity contribution < 1.29 is 23.9 Å². The molecule has 7 nitrogen and oxygen atoms in total. The van der Waals surface area contributed by atoms with E-state index in [-0.39, 0.29) is 25.0 Å². The van der Waals surface area contributed by atoms with Crippen molar-refractivity contribution in [1.29, 1.82) is 0 Å². The molecule has 24 heavy (non-hydrogen) atoms. The zero-order valence-corrected chi connectivity index (χ0v) is 15.7. The summed E-state index contributed by atoms with van der Waals surface area (Å²) in [6.45, 7) is 11.6. The molecule has 0 fully saturated rings. The number of rotatable bonds is 10. The van der Waals surface area contributed by atoms with E-state index in [1.165, 1.54) is 0 Å². The predicted molar refractivity (Wildman–Crippen MR) is 91.4 cm³/mol. The van der Waals surface area contributed by atoms with E-state index in [1.807, 2.05) is 27.7 Å². The molecule has 2 amide bonds. The zero-order chi connectivity index (χ0) is 18.7. The van der Waals surface area contributed by atoms with E-state index in [0.29, 0.717) is 12.8 Å². The van der Waals surface area contributed by atoms with E-state index in [2.05, 4.69) is 10.6 Å². The molecule has 0 rings (SSSR count). The van der Waals surface area contributed by atoms with E-state index >= 15 is 0 Å². The van der Waals surface area contributed by atoms with E-state index in [4.69, 9.17) is 9.47 Å². The average molecular weight is 344 g/mol. The lowest BCUT2D eigenvalue weighted by Gasteiger charge is -2.26. The molecule has 0 spiro atoms. The molecule has 0 saturated heterocycles. The van der Waals surface area contributed by atoms with Gasteiger partial charge in [0.25, 0.3) is 0 Å². The molecular weight excluding hydrogens is 312 g/mol. The summed E-state index contributed by atoms with van der Waals surface area (Å²) in [5.74, 6) is -0.752. The molecule has 140 valence electrons. The molecule has 0 radical (unpaired) electrons. The second-order valence-electron chi connectivity index (χ2n) is 6.17. The molecule has 0 aliphatic rings. The molecule has 0 aliphatic heterocycles. The van der Waals surface area contributed by atoms with Crippen LogP contribution in [0.3, 0.4) is 0 Å². The minimum atomic E-state index is -0.759. The van der Waals surface area contributed by atoms with Crippen LogP contribution in [0.4, 0.5) is 4.79 Å². The van der Waals surface area contributed by atoms with E-state index in [0.717, 1.165) is 0 Å². The van der Waals surface area contributed by atoms with Crippen molar-refractivity contribution >= 4 is 18.0 Å². The number of ether oxygens (including phenoxy) is 2. The molecule has 0 aliphatic carbocycles. The van der Waals surface area contributed by atoms with Crippen LogP contribution in [0.25, 0.3) is 0 Å². The Bertz CT molecular complexity index is 412. The van der Waals surface area contributed by atoms with Gasteiger partial charge in [-0.2, -0.15) is 0 Å². The summed E-state index contributed by atoms with van der Waals surface area (Å²) in [7, 11) is 0. The number of hydrogen-bond acceptors (Lipinski definition) is 5. The van der Waals surface area contributed by atoms with Gasteiger partial charge in [0.1, 0.15) is 12.1 Å². The van der Waals surface area contributed by atoms with Crippen LogP contribution >= 0.6 is 0 Å². The predicted octanol–water partition coefficient (Wildman–Crippen LogP) is 2.24. The number of nitrogens with one attached hydrogen (secondary N) is 2. The molecule has 3 unspecified atom stereocenters. The van der Waals surface area contributed by atoms with Crippen molar-refractivity contribution in [1.82, 2.24) is 10.6 Å². The van der Waals surface area contributed by atoms with E-state index < -0.39 is 30.1 Å². The number of carbonyl (C=O) groups excluding carboxylic acids is 3. The van der Waals surface area contributed by atoms with Gasteiger partial charge in [-0.1, -0.05) is 34.1 Å². The number of carbonyl (C=O) groups is 3. The van der Waals surface area contributed by atoms with Crippen LogP contribution in [0.2, 0.25) is 0 Å². The zero-order valence-electron chi connectivity index (χ0n) is 15.7. The Morgan fingerprint density at radius 1 is 0.917 bits per heavy atom. The first kappa shape index (κ1) is 22.2. The summed E-state index contributed by atoms with van der Waals surface area (Å²) in [4.78, 5) is 36.3. The summed E-state index contributed by atoms with van der Waals surface area (Å²) >= 11 is 0. The minimum Gasteiger partial charge on any atom is -0.464 e. The first-order valence-corrected chi connectivity index (χ1v) is 8.66. The fourth-order valence-electron chi connectivity index (χ4n) is 2.17. The lowest BCUT2D eigenvalue weighted by atomic mass is 9.97. The second kappa shape index (κ2) is 11.7. The van der Waals surface area contributed by atoms with Gasteiger partial charge < -0.3 is 20.1 Å². The van der Waals surface area contributed by atoms with Gasteiger partial charge in [-0.05, 0) is 32.1 Å². The van der Waals surface area contributed by atoms with Crippen LogP contribution in [0.15, 0.2) is 0 Å². The largest absolute Gasteiger partial charge is 0.464 e. The molecule has 0 saturated carbocycles. The number of amides is 2.